The zero-order chi connectivity index (χ0) is 13.9. The van der Waals surface area contributed by atoms with Crippen molar-refractivity contribution in [1.29, 1.82) is 0 Å². The van der Waals surface area contributed by atoms with Crippen molar-refractivity contribution >= 4 is 5.91 Å². The third-order valence-electron chi connectivity index (χ3n) is 3.85. The average Bonchev–Trinajstić information content (AvgIpc) is 2.92. The van der Waals surface area contributed by atoms with Crippen LogP contribution in [0, 0.1) is 0 Å². The van der Waals surface area contributed by atoms with E-state index in [0.717, 1.165) is 26.1 Å². The molecule has 0 aliphatic carbocycles. The highest BCUT2D eigenvalue weighted by molar-refractivity contribution is 5.96. The van der Waals surface area contributed by atoms with Crippen LogP contribution in [0.2, 0.25) is 0 Å². The lowest BCUT2D eigenvalue weighted by atomic mass is 10.2. The van der Waals surface area contributed by atoms with Gasteiger partial charge in [-0.2, -0.15) is 5.10 Å². The highest BCUT2D eigenvalue weighted by Gasteiger charge is 2.27. The molecule has 1 aromatic rings. The molecule has 0 spiro atoms. The van der Waals surface area contributed by atoms with Crippen molar-refractivity contribution in [3.8, 4) is 5.88 Å². The lowest BCUT2D eigenvalue weighted by Crippen LogP contribution is -2.49. The quantitative estimate of drug-likeness (QED) is 0.802. The van der Waals surface area contributed by atoms with E-state index >= 15 is 0 Å². The minimum atomic E-state index is -0.00296. The molecule has 0 bridgehead atoms. The van der Waals surface area contributed by atoms with Crippen LogP contribution < -0.4 is 4.74 Å². The molecule has 2 aliphatic heterocycles. The fraction of sp³-hybridized carbons (Fsp3) is 0.692. The Morgan fingerprint density at radius 2 is 2.10 bits per heavy atom. The number of carbonyl (C=O) groups is 1. The summed E-state index contributed by atoms with van der Waals surface area (Å²) in [4.78, 5) is 16.5. The smallest absolute Gasteiger partial charge is 0.261 e. The Morgan fingerprint density at radius 3 is 2.85 bits per heavy atom. The SMILES string of the molecule is O=C(c1cnn2c1OCCC2)N1CCN(CCO)CC1. The van der Waals surface area contributed by atoms with E-state index < -0.39 is 0 Å². The van der Waals surface area contributed by atoms with E-state index in [0.29, 0.717) is 37.7 Å². The third kappa shape index (κ3) is 2.51. The first-order valence-corrected chi connectivity index (χ1v) is 7.10. The van der Waals surface area contributed by atoms with Crippen LogP contribution in [0.15, 0.2) is 6.20 Å². The lowest BCUT2D eigenvalue weighted by molar-refractivity contribution is 0.0609. The Labute approximate surface area is 117 Å². The van der Waals surface area contributed by atoms with Crippen LogP contribution in [0.5, 0.6) is 5.88 Å². The summed E-state index contributed by atoms with van der Waals surface area (Å²) in [5.41, 5.74) is 0.570. The fourth-order valence-electron chi connectivity index (χ4n) is 2.70. The van der Waals surface area contributed by atoms with Crippen LogP contribution in [0.4, 0.5) is 0 Å². The van der Waals surface area contributed by atoms with Crippen LogP contribution in [-0.2, 0) is 6.54 Å². The molecule has 3 rings (SSSR count). The molecule has 1 saturated heterocycles. The van der Waals surface area contributed by atoms with Crippen molar-refractivity contribution < 1.29 is 14.6 Å². The molecule has 1 amide bonds. The molecule has 2 aliphatic rings. The van der Waals surface area contributed by atoms with Crippen molar-refractivity contribution in [3.63, 3.8) is 0 Å². The number of piperazine rings is 1. The van der Waals surface area contributed by atoms with Crippen molar-refractivity contribution in [3.05, 3.63) is 11.8 Å². The summed E-state index contributed by atoms with van der Waals surface area (Å²) in [5.74, 6) is 0.607. The van der Waals surface area contributed by atoms with E-state index in [1.54, 1.807) is 10.9 Å². The van der Waals surface area contributed by atoms with E-state index in [9.17, 15) is 4.79 Å². The van der Waals surface area contributed by atoms with Gasteiger partial charge in [0.15, 0.2) is 0 Å². The Bertz CT molecular complexity index is 480. The number of ether oxygens (including phenoxy) is 1. The van der Waals surface area contributed by atoms with Gasteiger partial charge in [0.05, 0.1) is 19.4 Å². The van der Waals surface area contributed by atoms with Gasteiger partial charge in [-0.3, -0.25) is 9.69 Å². The molecule has 0 saturated carbocycles. The van der Waals surface area contributed by atoms with E-state index in [1.807, 2.05) is 4.90 Å². The first kappa shape index (κ1) is 13.4. The summed E-state index contributed by atoms with van der Waals surface area (Å²) in [6.45, 7) is 5.27. The molecule has 7 heteroatoms. The third-order valence-corrected chi connectivity index (χ3v) is 3.85. The van der Waals surface area contributed by atoms with Gasteiger partial charge in [0.25, 0.3) is 5.91 Å². The number of aryl methyl sites for hydroxylation is 1. The predicted molar refractivity (Wildman–Crippen MR) is 71.8 cm³/mol. The molecule has 0 radical (unpaired) electrons. The molecule has 3 heterocycles. The highest BCUT2D eigenvalue weighted by Crippen LogP contribution is 2.24. The van der Waals surface area contributed by atoms with Crippen LogP contribution in [0.3, 0.4) is 0 Å². The van der Waals surface area contributed by atoms with Crippen molar-refractivity contribution in [2.45, 2.75) is 13.0 Å². The maximum atomic E-state index is 12.5. The van der Waals surface area contributed by atoms with Gasteiger partial charge in [0, 0.05) is 45.7 Å². The summed E-state index contributed by atoms with van der Waals surface area (Å²) < 4.78 is 7.34. The Hall–Kier alpha value is -1.60. The Morgan fingerprint density at radius 1 is 1.30 bits per heavy atom. The topological polar surface area (TPSA) is 70.8 Å². The van der Waals surface area contributed by atoms with Gasteiger partial charge < -0.3 is 14.7 Å². The second kappa shape index (κ2) is 5.80. The first-order chi connectivity index (χ1) is 9.79. The Balaban J connectivity index is 1.66. The van der Waals surface area contributed by atoms with Gasteiger partial charge in [-0.1, -0.05) is 0 Å². The minimum absolute atomic E-state index is 0.00296. The molecule has 110 valence electrons. The van der Waals surface area contributed by atoms with Crippen LogP contribution in [0.25, 0.3) is 0 Å². The molecule has 0 aromatic carbocycles. The summed E-state index contributed by atoms with van der Waals surface area (Å²) >= 11 is 0. The number of hydrogen-bond acceptors (Lipinski definition) is 5. The molecular formula is C13H20N4O3. The number of fused-ring (bicyclic) bond motifs is 1. The first-order valence-electron chi connectivity index (χ1n) is 7.10. The van der Waals surface area contributed by atoms with Gasteiger partial charge in [-0.05, 0) is 0 Å². The average molecular weight is 280 g/mol. The number of hydrogen-bond donors (Lipinski definition) is 1. The number of aromatic nitrogens is 2. The van der Waals surface area contributed by atoms with Crippen molar-refractivity contribution in [2.24, 2.45) is 0 Å². The number of aliphatic hydroxyl groups is 1. The number of β-amino-alcohol motifs (C(OH)–C–C–N with tert-alkyl or cyclic N) is 1. The van der Waals surface area contributed by atoms with Gasteiger partial charge in [0.1, 0.15) is 5.56 Å². The molecule has 1 aromatic heterocycles. The van der Waals surface area contributed by atoms with Crippen LogP contribution in [0.1, 0.15) is 16.8 Å². The van der Waals surface area contributed by atoms with Crippen molar-refractivity contribution in [1.82, 2.24) is 19.6 Å². The van der Waals surface area contributed by atoms with E-state index in [1.165, 1.54) is 0 Å². The van der Waals surface area contributed by atoms with Gasteiger partial charge in [-0.25, -0.2) is 4.68 Å². The van der Waals surface area contributed by atoms with Gasteiger partial charge in [-0.15, -0.1) is 0 Å². The zero-order valence-corrected chi connectivity index (χ0v) is 11.5. The minimum Gasteiger partial charge on any atom is -0.477 e. The molecule has 20 heavy (non-hydrogen) atoms. The summed E-state index contributed by atoms with van der Waals surface area (Å²) in [7, 11) is 0. The van der Waals surface area contributed by atoms with Crippen LogP contribution in [-0.4, -0.2) is 76.5 Å². The van der Waals surface area contributed by atoms with E-state index in [2.05, 4.69) is 10.00 Å². The number of amides is 1. The zero-order valence-electron chi connectivity index (χ0n) is 11.5. The monoisotopic (exact) mass is 280 g/mol. The number of rotatable bonds is 3. The summed E-state index contributed by atoms with van der Waals surface area (Å²) in [6.07, 6.45) is 2.55. The summed E-state index contributed by atoms with van der Waals surface area (Å²) in [5, 5.41) is 13.1. The normalized spacial score (nSPS) is 19.6. The molecule has 0 atom stereocenters. The summed E-state index contributed by atoms with van der Waals surface area (Å²) in [6, 6.07) is 0. The number of aliphatic hydroxyl groups excluding tert-OH is 1. The Kier molecular flexibility index (Phi) is 3.88. The highest BCUT2D eigenvalue weighted by atomic mass is 16.5. The lowest BCUT2D eigenvalue weighted by Gasteiger charge is -2.34. The number of carbonyl (C=O) groups excluding carboxylic acids is 1. The second-order valence-corrected chi connectivity index (χ2v) is 5.15. The van der Waals surface area contributed by atoms with Gasteiger partial charge in [0.2, 0.25) is 5.88 Å². The fourth-order valence-corrected chi connectivity index (χ4v) is 2.70. The maximum absolute atomic E-state index is 12.5. The maximum Gasteiger partial charge on any atom is 0.261 e. The van der Waals surface area contributed by atoms with E-state index in [-0.39, 0.29) is 12.5 Å². The standard InChI is InChI=1S/C13H20N4O3/c18-8-7-15-3-5-16(6-4-15)12(19)11-10-14-17-2-1-9-20-13(11)17/h10,18H,1-9H2. The van der Waals surface area contributed by atoms with E-state index in [4.69, 9.17) is 9.84 Å². The molecule has 1 fully saturated rings. The number of nitrogens with zero attached hydrogens (tertiary/aromatic N) is 4. The largest absolute Gasteiger partial charge is 0.477 e. The second-order valence-electron chi connectivity index (χ2n) is 5.15. The predicted octanol–water partition coefficient (Wildman–Crippen LogP) is -0.584. The molecular weight excluding hydrogens is 260 g/mol. The molecule has 1 N–H and O–H groups in total. The van der Waals surface area contributed by atoms with Crippen molar-refractivity contribution in [2.75, 3.05) is 45.9 Å². The van der Waals surface area contributed by atoms with Crippen LogP contribution >= 0.6 is 0 Å². The molecule has 7 nitrogen and oxygen atoms in total. The molecule has 0 unspecified atom stereocenters. The van der Waals surface area contributed by atoms with Gasteiger partial charge >= 0.3 is 0 Å².